The van der Waals surface area contributed by atoms with Crippen LogP contribution in [0.1, 0.15) is 10.6 Å². The number of carbonyl (C=O) groups is 1. The Morgan fingerprint density at radius 1 is 1.59 bits per heavy atom. The molecule has 1 aliphatic rings. The molecule has 6 heteroatoms. The molecule has 2 heterocycles. The molecule has 0 atom stereocenters. The Morgan fingerprint density at radius 2 is 2.47 bits per heavy atom. The summed E-state index contributed by atoms with van der Waals surface area (Å²) in [6, 6.07) is 1.93. The van der Waals surface area contributed by atoms with Crippen molar-refractivity contribution in [2.24, 2.45) is 0 Å². The molecule has 0 saturated carbocycles. The topological polar surface area (TPSA) is 63.3 Å². The van der Waals surface area contributed by atoms with Gasteiger partial charge in [-0.1, -0.05) is 11.8 Å². The lowest BCUT2D eigenvalue weighted by molar-refractivity contribution is -0.133. The van der Waals surface area contributed by atoms with E-state index >= 15 is 0 Å². The molecule has 0 aromatic carbocycles. The van der Waals surface area contributed by atoms with Crippen molar-refractivity contribution in [2.45, 2.75) is 17.2 Å². The van der Waals surface area contributed by atoms with Crippen LogP contribution in [0.4, 0.5) is 0 Å². The van der Waals surface area contributed by atoms with Crippen LogP contribution in [0.5, 0.6) is 0 Å². The second-order valence-corrected chi connectivity index (χ2v) is 6.00. The predicted octanol–water partition coefficient (Wildman–Crippen LogP) is 2.68. The third kappa shape index (κ3) is 1.98. The summed E-state index contributed by atoms with van der Waals surface area (Å²) < 4.78 is 6.21. The van der Waals surface area contributed by atoms with Crippen molar-refractivity contribution >= 4 is 29.1 Å². The van der Waals surface area contributed by atoms with Crippen molar-refractivity contribution in [3.63, 3.8) is 0 Å². The van der Waals surface area contributed by atoms with Gasteiger partial charge in [-0.15, -0.1) is 11.3 Å². The summed E-state index contributed by atoms with van der Waals surface area (Å²) in [6.07, 6.45) is 3.52. The van der Waals surface area contributed by atoms with Gasteiger partial charge < -0.3 is 9.52 Å². The first-order chi connectivity index (χ1) is 8.24. The summed E-state index contributed by atoms with van der Waals surface area (Å²) in [5.74, 6) is 0.231. The Morgan fingerprint density at radius 3 is 3.29 bits per heavy atom. The van der Waals surface area contributed by atoms with Crippen LogP contribution in [-0.4, -0.2) is 21.8 Å². The number of aromatic nitrogens is 1. The molecule has 0 spiro atoms. The number of aliphatic carboxylic acids is 1. The fourth-order valence-electron chi connectivity index (χ4n) is 1.87. The third-order valence-corrected chi connectivity index (χ3v) is 4.82. The van der Waals surface area contributed by atoms with E-state index in [1.807, 2.05) is 6.07 Å². The lowest BCUT2D eigenvalue weighted by Crippen LogP contribution is -1.98. The number of hydrogen-bond acceptors (Lipinski definition) is 5. The molecular formula is C11H9NO3S2. The van der Waals surface area contributed by atoms with Crippen LogP contribution in [0.25, 0.3) is 11.3 Å². The standard InChI is InChI=1S/C11H9NO3S2/c13-9(14)5-16-11-12-10-6-3-4-15-7(6)1-2-8(10)17-11/h3-4H,1-2,5H2,(H,13,14). The van der Waals surface area contributed by atoms with Crippen molar-refractivity contribution in [3.8, 4) is 11.3 Å². The summed E-state index contributed by atoms with van der Waals surface area (Å²) in [5, 5.41) is 8.64. The fourth-order valence-corrected chi connectivity index (χ4v) is 3.79. The second-order valence-electron chi connectivity index (χ2n) is 3.69. The van der Waals surface area contributed by atoms with E-state index in [0.717, 1.165) is 34.2 Å². The highest BCUT2D eigenvalue weighted by Gasteiger charge is 2.23. The highest BCUT2D eigenvalue weighted by molar-refractivity contribution is 8.01. The van der Waals surface area contributed by atoms with E-state index in [4.69, 9.17) is 9.52 Å². The number of rotatable bonds is 3. The molecule has 0 fully saturated rings. The monoisotopic (exact) mass is 267 g/mol. The molecule has 0 radical (unpaired) electrons. The van der Waals surface area contributed by atoms with Crippen molar-refractivity contribution in [1.82, 2.24) is 4.98 Å². The van der Waals surface area contributed by atoms with Gasteiger partial charge >= 0.3 is 5.97 Å². The SMILES string of the molecule is O=C(O)CSc1nc2c(s1)CCc1occc1-2. The number of fused-ring (bicyclic) bond motifs is 3. The maximum Gasteiger partial charge on any atom is 0.313 e. The maximum absolute atomic E-state index is 10.5. The van der Waals surface area contributed by atoms with Crippen molar-refractivity contribution in [2.75, 3.05) is 5.75 Å². The summed E-state index contributed by atoms with van der Waals surface area (Å²) in [5.41, 5.74) is 2.03. The molecule has 2 aromatic rings. The lowest BCUT2D eigenvalue weighted by atomic mass is 10.0. The number of thiazole rings is 1. The number of hydrogen-bond donors (Lipinski definition) is 1. The highest BCUT2D eigenvalue weighted by atomic mass is 32.2. The Balaban J connectivity index is 1.91. The molecule has 0 bridgehead atoms. The van der Waals surface area contributed by atoms with Crippen LogP contribution in [0, 0.1) is 0 Å². The normalized spacial score (nSPS) is 13.2. The second kappa shape index (κ2) is 4.19. The number of carboxylic acid groups (broad SMARTS) is 1. The van der Waals surface area contributed by atoms with E-state index in [2.05, 4.69) is 4.98 Å². The Labute approximate surface area is 106 Å². The maximum atomic E-state index is 10.5. The van der Waals surface area contributed by atoms with Gasteiger partial charge in [0, 0.05) is 16.9 Å². The van der Waals surface area contributed by atoms with Gasteiger partial charge in [0.2, 0.25) is 0 Å². The van der Waals surface area contributed by atoms with Gasteiger partial charge in [0.25, 0.3) is 0 Å². The van der Waals surface area contributed by atoms with Crippen LogP contribution >= 0.6 is 23.1 Å². The number of nitrogens with zero attached hydrogens (tertiary/aromatic N) is 1. The molecule has 0 aliphatic heterocycles. The average molecular weight is 267 g/mol. The van der Waals surface area contributed by atoms with Crippen molar-refractivity contribution in [3.05, 3.63) is 23.0 Å². The molecule has 4 nitrogen and oxygen atoms in total. The zero-order valence-corrected chi connectivity index (χ0v) is 10.4. The third-order valence-electron chi connectivity index (χ3n) is 2.58. The molecule has 1 N–H and O–H groups in total. The molecular weight excluding hydrogens is 258 g/mol. The van der Waals surface area contributed by atoms with E-state index in [0.29, 0.717) is 0 Å². The Hall–Kier alpha value is -1.27. The molecule has 2 aromatic heterocycles. The van der Waals surface area contributed by atoms with E-state index in [1.165, 1.54) is 16.6 Å². The quantitative estimate of drug-likeness (QED) is 0.866. The number of furan rings is 1. The molecule has 0 saturated heterocycles. The summed E-state index contributed by atoms with van der Waals surface area (Å²) in [7, 11) is 0. The zero-order chi connectivity index (χ0) is 11.8. The first kappa shape index (κ1) is 10.9. The first-order valence-corrected chi connectivity index (χ1v) is 6.95. The lowest BCUT2D eigenvalue weighted by Gasteiger charge is -2.07. The van der Waals surface area contributed by atoms with Crippen LogP contribution in [0.15, 0.2) is 21.1 Å². The van der Waals surface area contributed by atoms with Crippen molar-refractivity contribution in [1.29, 1.82) is 0 Å². The Bertz CT molecular complexity index is 573. The van der Waals surface area contributed by atoms with Gasteiger partial charge in [-0.25, -0.2) is 4.98 Å². The van der Waals surface area contributed by atoms with Crippen molar-refractivity contribution < 1.29 is 14.3 Å². The number of thioether (sulfide) groups is 1. The summed E-state index contributed by atoms with van der Waals surface area (Å²) in [4.78, 5) is 16.2. The molecule has 0 amide bonds. The minimum atomic E-state index is -0.813. The Kier molecular flexibility index (Phi) is 2.68. The van der Waals surface area contributed by atoms with Gasteiger partial charge in [0.1, 0.15) is 5.76 Å². The number of carboxylic acids is 1. The highest BCUT2D eigenvalue weighted by Crippen LogP contribution is 2.39. The van der Waals surface area contributed by atoms with Crippen LogP contribution in [0.3, 0.4) is 0 Å². The van der Waals surface area contributed by atoms with Gasteiger partial charge in [-0.2, -0.15) is 0 Å². The van der Waals surface area contributed by atoms with Crippen LogP contribution in [0.2, 0.25) is 0 Å². The minimum absolute atomic E-state index is 0.0602. The van der Waals surface area contributed by atoms with Gasteiger partial charge in [0.05, 0.1) is 17.7 Å². The first-order valence-electron chi connectivity index (χ1n) is 5.15. The van der Waals surface area contributed by atoms with E-state index in [1.54, 1.807) is 17.6 Å². The average Bonchev–Trinajstić information content (AvgIpc) is 2.91. The van der Waals surface area contributed by atoms with Crippen LogP contribution in [-0.2, 0) is 17.6 Å². The molecule has 88 valence electrons. The van der Waals surface area contributed by atoms with E-state index in [9.17, 15) is 4.79 Å². The zero-order valence-electron chi connectivity index (χ0n) is 8.80. The fraction of sp³-hybridized carbons (Fsp3) is 0.273. The number of aryl methyl sites for hydroxylation is 2. The smallest absolute Gasteiger partial charge is 0.313 e. The summed E-state index contributed by atoms with van der Waals surface area (Å²) >= 11 is 2.87. The van der Waals surface area contributed by atoms with Gasteiger partial charge in [-0.05, 0) is 12.5 Å². The van der Waals surface area contributed by atoms with Gasteiger partial charge in [-0.3, -0.25) is 4.79 Å². The molecule has 0 unspecified atom stereocenters. The van der Waals surface area contributed by atoms with E-state index < -0.39 is 5.97 Å². The molecule has 3 rings (SSSR count). The summed E-state index contributed by atoms with van der Waals surface area (Å²) in [6.45, 7) is 0. The van der Waals surface area contributed by atoms with Gasteiger partial charge in [0.15, 0.2) is 4.34 Å². The van der Waals surface area contributed by atoms with E-state index in [-0.39, 0.29) is 5.75 Å². The largest absolute Gasteiger partial charge is 0.481 e. The predicted molar refractivity (Wildman–Crippen MR) is 65.6 cm³/mol. The minimum Gasteiger partial charge on any atom is -0.481 e. The molecule has 1 aliphatic carbocycles. The molecule has 17 heavy (non-hydrogen) atoms. The van der Waals surface area contributed by atoms with Crippen LogP contribution < -0.4 is 0 Å².